The van der Waals surface area contributed by atoms with Gasteiger partial charge in [0.15, 0.2) is 29.1 Å². The van der Waals surface area contributed by atoms with E-state index in [0.29, 0.717) is 0 Å². The first-order chi connectivity index (χ1) is 16.9. The molecular formula is C24H24Br2F4O6. The van der Waals surface area contributed by atoms with Crippen LogP contribution in [-0.4, -0.2) is 36.0 Å². The van der Waals surface area contributed by atoms with Crippen LogP contribution in [0.15, 0.2) is 33.2 Å². The van der Waals surface area contributed by atoms with Crippen molar-refractivity contribution in [1.82, 2.24) is 0 Å². The molecule has 0 aromatic heterocycles. The van der Waals surface area contributed by atoms with Crippen LogP contribution >= 0.6 is 31.9 Å². The minimum Gasteiger partial charge on any atom is -0.466 e. The third kappa shape index (κ3) is 10.4. The van der Waals surface area contributed by atoms with Crippen LogP contribution in [0.1, 0.15) is 61.6 Å². The number of carbonyl (C=O) groups is 3. The minimum absolute atomic E-state index is 0.0122. The number of hydrogen-bond acceptors (Lipinski definition) is 6. The van der Waals surface area contributed by atoms with E-state index >= 15 is 0 Å². The third-order valence-corrected chi connectivity index (χ3v) is 5.84. The summed E-state index contributed by atoms with van der Waals surface area (Å²) in [5.41, 5.74) is 0.219. The molecule has 2 aromatic rings. The standard InChI is InChI=1S/C12H13BrF2O3.C12H11BrF2O3/c2*1-2-18-12(17)4-3-11(16)7-5-9(14)10(15)6-8(7)13/h5-6,11,16H,2-4H2,1H3;5-6H,2-4H2,1H3. The van der Waals surface area contributed by atoms with E-state index in [4.69, 9.17) is 4.74 Å². The third-order valence-electron chi connectivity index (χ3n) is 4.50. The number of benzene rings is 2. The second kappa shape index (κ2) is 15.7. The average Bonchev–Trinajstić information content (AvgIpc) is 2.81. The molecule has 0 aliphatic heterocycles. The van der Waals surface area contributed by atoms with Crippen LogP contribution in [-0.2, 0) is 19.1 Å². The predicted octanol–water partition coefficient (Wildman–Crippen LogP) is 6.36. The second-order valence-corrected chi connectivity index (χ2v) is 8.83. The van der Waals surface area contributed by atoms with E-state index in [1.54, 1.807) is 13.8 Å². The Bertz CT molecular complexity index is 1080. The van der Waals surface area contributed by atoms with Gasteiger partial charge in [-0.1, -0.05) is 15.9 Å². The molecule has 0 amide bonds. The summed E-state index contributed by atoms with van der Waals surface area (Å²) in [6, 6.07) is 3.55. The first-order valence-electron chi connectivity index (χ1n) is 10.7. The van der Waals surface area contributed by atoms with Gasteiger partial charge >= 0.3 is 11.9 Å². The van der Waals surface area contributed by atoms with E-state index in [1.807, 2.05) is 0 Å². The molecule has 0 heterocycles. The van der Waals surface area contributed by atoms with Crippen LogP contribution in [0.25, 0.3) is 0 Å². The van der Waals surface area contributed by atoms with E-state index in [0.717, 1.165) is 24.3 Å². The number of hydrogen-bond donors (Lipinski definition) is 1. The molecule has 0 spiro atoms. The summed E-state index contributed by atoms with van der Waals surface area (Å²) < 4.78 is 61.6. The molecule has 6 nitrogen and oxygen atoms in total. The maximum atomic E-state index is 13.0. The molecule has 0 fully saturated rings. The van der Waals surface area contributed by atoms with Crippen molar-refractivity contribution in [2.75, 3.05) is 13.2 Å². The number of ketones is 1. The number of ether oxygens (including phenoxy) is 2. The van der Waals surface area contributed by atoms with Crippen molar-refractivity contribution in [3.8, 4) is 0 Å². The largest absolute Gasteiger partial charge is 0.466 e. The van der Waals surface area contributed by atoms with Gasteiger partial charge in [0.25, 0.3) is 0 Å². The molecule has 0 saturated carbocycles. The molecule has 0 aliphatic rings. The Labute approximate surface area is 222 Å². The fraction of sp³-hybridized carbons (Fsp3) is 0.375. The molecule has 36 heavy (non-hydrogen) atoms. The minimum atomic E-state index is -1.10. The molecule has 1 unspecified atom stereocenters. The number of aliphatic hydroxyl groups is 1. The Balaban J connectivity index is 0.000000360. The molecule has 198 valence electrons. The van der Waals surface area contributed by atoms with Gasteiger partial charge in [-0.3, -0.25) is 14.4 Å². The normalized spacial score (nSPS) is 11.2. The van der Waals surface area contributed by atoms with Gasteiger partial charge < -0.3 is 14.6 Å². The molecule has 1 atom stereocenters. The van der Waals surface area contributed by atoms with Gasteiger partial charge in [0.1, 0.15) is 0 Å². The fourth-order valence-corrected chi connectivity index (χ4v) is 3.87. The van der Waals surface area contributed by atoms with Gasteiger partial charge in [0.05, 0.1) is 25.7 Å². The molecule has 0 aliphatic carbocycles. The zero-order valence-electron chi connectivity index (χ0n) is 19.4. The number of halogens is 6. The molecule has 2 aromatic carbocycles. The highest BCUT2D eigenvalue weighted by molar-refractivity contribution is 9.10. The van der Waals surface area contributed by atoms with Crippen LogP contribution < -0.4 is 0 Å². The quantitative estimate of drug-likeness (QED) is 0.140. The molecule has 0 bridgehead atoms. The molecule has 0 saturated heterocycles. The van der Waals surface area contributed by atoms with Gasteiger partial charge in [0, 0.05) is 27.4 Å². The summed E-state index contributed by atoms with van der Waals surface area (Å²) in [5, 5.41) is 9.81. The van der Waals surface area contributed by atoms with Crippen LogP contribution in [0.3, 0.4) is 0 Å². The average molecular weight is 644 g/mol. The fourth-order valence-electron chi connectivity index (χ4n) is 2.76. The molecule has 2 rings (SSSR count). The predicted molar refractivity (Wildman–Crippen MR) is 129 cm³/mol. The maximum Gasteiger partial charge on any atom is 0.306 e. The SMILES string of the molecule is CCOC(=O)CCC(=O)c1cc(F)c(F)cc1Br.CCOC(=O)CCC(O)c1cc(F)c(F)cc1Br. The van der Waals surface area contributed by atoms with Crippen molar-refractivity contribution < 1.29 is 46.5 Å². The highest BCUT2D eigenvalue weighted by atomic mass is 79.9. The van der Waals surface area contributed by atoms with Gasteiger partial charge in [-0.25, -0.2) is 17.6 Å². The molecule has 0 radical (unpaired) electrons. The Kier molecular flexibility index (Phi) is 13.9. The summed E-state index contributed by atoms with van der Waals surface area (Å²) in [4.78, 5) is 33.9. The summed E-state index contributed by atoms with van der Waals surface area (Å²) >= 11 is 6.01. The van der Waals surface area contributed by atoms with Crippen molar-refractivity contribution in [2.45, 2.75) is 45.6 Å². The van der Waals surface area contributed by atoms with Gasteiger partial charge in [-0.05, 0) is 66.0 Å². The summed E-state index contributed by atoms with van der Waals surface area (Å²) in [7, 11) is 0. The zero-order valence-corrected chi connectivity index (χ0v) is 22.6. The first-order valence-corrected chi connectivity index (χ1v) is 12.3. The van der Waals surface area contributed by atoms with E-state index in [1.165, 1.54) is 0 Å². The zero-order chi connectivity index (χ0) is 27.4. The van der Waals surface area contributed by atoms with Crippen LogP contribution in [0, 0.1) is 23.3 Å². The lowest BCUT2D eigenvalue weighted by Gasteiger charge is -2.12. The van der Waals surface area contributed by atoms with E-state index in [9.17, 15) is 37.1 Å². The van der Waals surface area contributed by atoms with E-state index in [-0.39, 0.29) is 59.0 Å². The first kappa shape index (κ1) is 31.7. The van der Waals surface area contributed by atoms with Crippen molar-refractivity contribution in [2.24, 2.45) is 0 Å². The van der Waals surface area contributed by atoms with Crippen molar-refractivity contribution >= 4 is 49.6 Å². The number of esters is 2. The molecule has 1 N–H and O–H groups in total. The van der Waals surface area contributed by atoms with E-state index in [2.05, 4.69) is 36.6 Å². The summed E-state index contributed by atoms with van der Waals surface area (Å²) in [5.74, 6) is -5.55. The lowest BCUT2D eigenvalue weighted by molar-refractivity contribution is -0.144. The van der Waals surface area contributed by atoms with Crippen molar-refractivity contribution in [3.05, 3.63) is 67.6 Å². The Morgan fingerprint density at radius 1 is 0.778 bits per heavy atom. The Morgan fingerprint density at radius 2 is 1.25 bits per heavy atom. The summed E-state index contributed by atoms with van der Waals surface area (Å²) in [6.45, 7) is 3.84. The maximum absolute atomic E-state index is 13.0. The van der Waals surface area contributed by atoms with Gasteiger partial charge in [-0.2, -0.15) is 0 Å². The topological polar surface area (TPSA) is 89.9 Å². The Hall–Kier alpha value is -2.31. The van der Waals surface area contributed by atoms with Gasteiger partial charge in [0.2, 0.25) is 0 Å². The lowest BCUT2D eigenvalue weighted by Crippen LogP contribution is -2.09. The number of Topliss-reactive ketones (excluding diaryl/α,β-unsaturated/α-hetero) is 1. The Morgan fingerprint density at radius 3 is 1.81 bits per heavy atom. The second-order valence-electron chi connectivity index (χ2n) is 7.12. The summed E-state index contributed by atoms with van der Waals surface area (Å²) in [6.07, 6.45) is -1.15. The number of carbonyl (C=O) groups excluding carboxylic acids is 3. The molecular weight excluding hydrogens is 620 g/mol. The monoisotopic (exact) mass is 642 g/mol. The van der Waals surface area contributed by atoms with Crippen LogP contribution in [0.2, 0.25) is 0 Å². The van der Waals surface area contributed by atoms with Crippen LogP contribution in [0.4, 0.5) is 17.6 Å². The lowest BCUT2D eigenvalue weighted by atomic mass is 10.0. The number of aliphatic hydroxyl groups excluding tert-OH is 1. The van der Waals surface area contributed by atoms with Gasteiger partial charge in [-0.15, -0.1) is 0 Å². The highest BCUT2D eigenvalue weighted by Gasteiger charge is 2.17. The highest BCUT2D eigenvalue weighted by Crippen LogP contribution is 2.29. The van der Waals surface area contributed by atoms with Crippen molar-refractivity contribution in [1.29, 1.82) is 0 Å². The van der Waals surface area contributed by atoms with Crippen LogP contribution in [0.5, 0.6) is 0 Å². The number of rotatable bonds is 10. The molecule has 12 heteroatoms. The smallest absolute Gasteiger partial charge is 0.306 e. The van der Waals surface area contributed by atoms with Crippen molar-refractivity contribution in [3.63, 3.8) is 0 Å². The van der Waals surface area contributed by atoms with E-state index < -0.39 is 47.1 Å².